The summed E-state index contributed by atoms with van der Waals surface area (Å²) in [5.74, 6) is 0. The van der Waals surface area contributed by atoms with Crippen LogP contribution in [0.4, 0.5) is 26.3 Å². The highest BCUT2D eigenvalue weighted by molar-refractivity contribution is 7.63. The Kier molecular flexibility index (Phi) is 10.5. The van der Waals surface area contributed by atoms with Gasteiger partial charge >= 0.3 is 20.4 Å². The number of aliphatic imine (C=N–C) groups is 2. The fraction of sp³-hybridized carbons (Fsp3) is 0.0833. The third-order valence-electron chi connectivity index (χ3n) is 10.6. The van der Waals surface area contributed by atoms with Crippen LogP contribution in [0.2, 0.25) is 0 Å². The summed E-state index contributed by atoms with van der Waals surface area (Å²) in [5.41, 5.74) is 6.36. The summed E-state index contributed by atoms with van der Waals surface area (Å²) in [4.78, 5) is 10.4. The van der Waals surface area contributed by atoms with Gasteiger partial charge in [0.15, 0.2) is 13.2 Å². The molecule has 6 aromatic rings. The summed E-state index contributed by atoms with van der Waals surface area (Å²) in [6.07, 6.45) is -2.74. The van der Waals surface area contributed by atoms with Gasteiger partial charge in [-0.2, -0.15) is 35.4 Å². The number of nitrogens with zero attached hydrogens (tertiary/aromatic N) is 4. The lowest BCUT2D eigenvalue weighted by molar-refractivity contribution is -0.165. The van der Waals surface area contributed by atoms with E-state index in [1.54, 1.807) is 24.3 Å². The lowest BCUT2D eigenvalue weighted by Gasteiger charge is -2.31. The molecule has 0 fully saturated rings. The molecule has 4 aromatic carbocycles. The van der Waals surface area contributed by atoms with Crippen molar-refractivity contribution in [1.82, 2.24) is 8.68 Å². The first kappa shape index (κ1) is 41.1. The highest BCUT2D eigenvalue weighted by atomic mass is 35.5. The first-order valence-corrected chi connectivity index (χ1v) is 20.8. The van der Waals surface area contributed by atoms with E-state index in [1.807, 2.05) is 146 Å². The Hall–Kier alpha value is -6.30. The van der Waals surface area contributed by atoms with Crippen molar-refractivity contribution in [2.24, 2.45) is 9.98 Å². The average molecular weight is 877 g/mol. The van der Waals surface area contributed by atoms with E-state index in [9.17, 15) is 26.3 Å². The first-order chi connectivity index (χ1) is 29.5. The molecule has 14 heteroatoms. The van der Waals surface area contributed by atoms with Gasteiger partial charge in [-0.3, -0.25) is 0 Å². The van der Waals surface area contributed by atoms with Crippen molar-refractivity contribution in [1.29, 1.82) is 0 Å². The van der Waals surface area contributed by atoms with Crippen LogP contribution in [0.15, 0.2) is 191 Å². The van der Waals surface area contributed by atoms with Gasteiger partial charge in [-0.05, 0) is 70.8 Å². The molecule has 0 radical (unpaired) electrons. The maximum atomic E-state index is 15.0. The molecule has 6 nitrogen and oxygen atoms in total. The Morgan fingerprint density at radius 2 is 0.758 bits per heavy atom. The van der Waals surface area contributed by atoms with Crippen LogP contribution in [-0.4, -0.2) is 45.7 Å². The zero-order valence-electron chi connectivity index (χ0n) is 32.3. The predicted octanol–water partition coefficient (Wildman–Crippen LogP) is 7.49. The van der Waals surface area contributed by atoms with E-state index in [0.29, 0.717) is 67.4 Å². The number of alkyl halides is 6. The number of hydrogen-bond donors (Lipinski definition) is 0. The number of allylic oxidation sites excluding steroid dienone is 4. The number of halogens is 7. The van der Waals surface area contributed by atoms with E-state index in [4.69, 9.17) is 19.0 Å². The largest absolute Gasteiger partial charge is 1.00 e. The highest BCUT2D eigenvalue weighted by Gasteiger charge is 2.58. The fourth-order valence-electron chi connectivity index (χ4n) is 8.24. The molecule has 4 aliphatic heterocycles. The number of fused-ring (bicyclic) bond motifs is 2. The third kappa shape index (κ3) is 7.22. The van der Waals surface area contributed by atoms with Crippen molar-refractivity contribution >= 4 is 41.7 Å². The number of hydrogen-bond acceptors (Lipinski definition) is 4. The second-order valence-electron chi connectivity index (χ2n) is 14.5. The number of benzene rings is 4. The minimum Gasteiger partial charge on any atom is -1.00 e. The van der Waals surface area contributed by atoms with Crippen molar-refractivity contribution in [3.63, 3.8) is 0 Å². The van der Waals surface area contributed by atoms with Crippen molar-refractivity contribution < 1.29 is 47.8 Å². The van der Waals surface area contributed by atoms with Crippen LogP contribution in [0.1, 0.15) is 33.6 Å². The Morgan fingerprint density at radius 1 is 0.419 bits per heavy atom. The SMILES string of the molecule is FC(F)(F)CO[P+]1(OCC(F)(F)F)n2c3ccc2C(c2ccccc2)=C2C=CC(=N2)C(c2ccccc2)=c2ccc(n21)=C(c1ccccc1)C1=NC(=C3c2ccccc2)C=C1.[Cl-]. The van der Waals surface area contributed by atoms with E-state index in [1.165, 1.54) is 8.68 Å². The van der Waals surface area contributed by atoms with Crippen molar-refractivity contribution in [3.8, 4) is 0 Å². The number of rotatable bonds is 8. The summed E-state index contributed by atoms with van der Waals surface area (Å²) in [6.45, 7) is -3.89. The second-order valence-corrected chi connectivity index (χ2v) is 16.8. The molecule has 62 heavy (non-hydrogen) atoms. The van der Waals surface area contributed by atoms with E-state index < -0.39 is 33.6 Å². The van der Waals surface area contributed by atoms with Crippen LogP contribution in [0.3, 0.4) is 0 Å². The zero-order chi connectivity index (χ0) is 41.9. The van der Waals surface area contributed by atoms with Crippen molar-refractivity contribution in [3.05, 3.63) is 226 Å². The zero-order valence-corrected chi connectivity index (χ0v) is 33.9. The van der Waals surface area contributed by atoms with Crippen LogP contribution in [0.25, 0.3) is 22.3 Å². The van der Waals surface area contributed by atoms with Crippen LogP contribution >= 0.6 is 8.02 Å². The molecule has 0 spiro atoms. The molecule has 6 bridgehead atoms. The smallest absolute Gasteiger partial charge is 0.498 e. The molecule has 0 atom stereocenters. The Morgan fingerprint density at radius 3 is 1.10 bits per heavy atom. The van der Waals surface area contributed by atoms with Crippen molar-refractivity contribution in [2.75, 3.05) is 13.2 Å². The Bertz CT molecular complexity index is 2840. The molecule has 2 aromatic heterocycles. The van der Waals surface area contributed by atoms with Crippen molar-refractivity contribution in [2.45, 2.75) is 12.4 Å². The van der Waals surface area contributed by atoms with Gasteiger partial charge in [0.05, 0.1) is 44.9 Å². The monoisotopic (exact) mass is 876 g/mol. The van der Waals surface area contributed by atoms with Gasteiger partial charge in [-0.1, -0.05) is 121 Å². The van der Waals surface area contributed by atoms with E-state index in [-0.39, 0.29) is 34.5 Å². The van der Waals surface area contributed by atoms with Gasteiger partial charge in [0.1, 0.15) is 0 Å². The minimum absolute atomic E-state index is 0. The molecular formula is C48H32ClF6N4O2P. The maximum Gasteiger partial charge on any atom is 0.498 e. The van der Waals surface area contributed by atoms with E-state index in [0.717, 1.165) is 0 Å². The standard InChI is InChI=1S/C48H32F6N4O2P.ClH/c49-47(50,51)29-59-61(60-30-48(52,53)54)57-39-25-26-40(57)45(33-17-9-3-10-18-33)37-23-24-38(56-37)46(34-19-11-4-12-20-34)42-28-27-41(58(42)61)44(32-15-7-2-8-16-32)36-22-21-35(55-36)43(39)31-13-5-1-6-14-31;/h1-28H,29-30H2;1H/q+1;/p-1. The minimum atomic E-state index is -5.04. The molecule has 0 aliphatic carbocycles. The Labute approximate surface area is 358 Å². The fourth-order valence-corrected chi connectivity index (χ4v) is 11.3. The van der Waals surface area contributed by atoms with Gasteiger partial charge in [0.25, 0.3) is 0 Å². The molecular weight excluding hydrogens is 845 g/mol. The number of aromatic nitrogens is 2. The molecule has 0 saturated heterocycles. The van der Waals surface area contributed by atoms with E-state index >= 15 is 0 Å². The average Bonchev–Trinajstić information content (AvgIpc) is 4.09. The predicted molar refractivity (Wildman–Crippen MR) is 226 cm³/mol. The Balaban J connectivity index is 0.00000490. The molecule has 4 aliphatic rings. The normalized spacial score (nSPS) is 16.4. The summed E-state index contributed by atoms with van der Waals surface area (Å²) in [5, 5.41) is 0.443. The molecule has 0 amide bonds. The van der Waals surface area contributed by atoms with Gasteiger partial charge < -0.3 is 12.4 Å². The van der Waals surface area contributed by atoms with Gasteiger partial charge in [0.2, 0.25) is 0 Å². The summed E-state index contributed by atoms with van der Waals surface area (Å²) >= 11 is 0. The highest BCUT2D eigenvalue weighted by Crippen LogP contribution is 2.66. The van der Waals surface area contributed by atoms with Crippen LogP contribution < -0.4 is 23.1 Å². The lowest BCUT2D eigenvalue weighted by atomic mass is 10.0. The summed E-state index contributed by atoms with van der Waals surface area (Å²) in [7, 11) is -5.04. The topological polar surface area (TPSA) is 53.0 Å². The lowest BCUT2D eigenvalue weighted by Crippen LogP contribution is -3.00. The molecule has 310 valence electrons. The second kappa shape index (κ2) is 15.9. The van der Waals surface area contributed by atoms with Crippen LogP contribution in [0, 0.1) is 0 Å². The summed E-state index contributed by atoms with van der Waals surface area (Å²) < 4.78 is 105. The quantitative estimate of drug-likeness (QED) is 0.118. The first-order valence-electron chi connectivity index (χ1n) is 19.3. The summed E-state index contributed by atoms with van der Waals surface area (Å²) in [6, 6.07) is 43.1. The van der Waals surface area contributed by atoms with Crippen LogP contribution in [-0.2, 0) is 9.05 Å². The molecule has 0 saturated carbocycles. The molecule has 0 unspecified atom stereocenters. The maximum absolute atomic E-state index is 15.0. The molecule has 0 N–H and O–H groups in total. The van der Waals surface area contributed by atoms with E-state index in [2.05, 4.69) is 0 Å². The third-order valence-corrected chi connectivity index (χ3v) is 13.4. The van der Waals surface area contributed by atoms with Gasteiger partial charge in [-0.25, -0.2) is 9.98 Å². The molecule has 10 rings (SSSR count). The van der Waals surface area contributed by atoms with Crippen LogP contribution in [0.5, 0.6) is 0 Å². The van der Waals surface area contributed by atoms with Gasteiger partial charge in [0, 0.05) is 22.3 Å². The molecule has 6 heterocycles. The van der Waals surface area contributed by atoms with Gasteiger partial charge in [-0.15, -0.1) is 8.68 Å².